The maximum atomic E-state index is 11.3. The molecule has 0 spiro atoms. The van der Waals surface area contributed by atoms with Crippen LogP contribution in [-0.2, 0) is 14.6 Å². The van der Waals surface area contributed by atoms with E-state index < -0.39 is 9.84 Å². The minimum atomic E-state index is -2.91. The van der Waals surface area contributed by atoms with Gasteiger partial charge in [0.05, 0.1) is 11.9 Å². The molecule has 1 saturated heterocycles. The lowest BCUT2D eigenvalue weighted by atomic mass is 9.90. The van der Waals surface area contributed by atoms with Crippen molar-refractivity contribution in [2.45, 2.75) is 39.2 Å². The fourth-order valence-corrected chi connectivity index (χ4v) is 3.03. The number of hydrogen-bond acceptors (Lipinski definition) is 4. The highest BCUT2D eigenvalue weighted by Gasteiger charge is 2.21. The highest BCUT2D eigenvalue weighted by molar-refractivity contribution is 14.0. The van der Waals surface area contributed by atoms with Crippen LogP contribution in [0.2, 0.25) is 0 Å². The summed E-state index contributed by atoms with van der Waals surface area (Å²) in [6.07, 6.45) is 4.38. The number of sulfone groups is 1. The number of nitrogens with zero attached hydrogens (tertiary/aromatic N) is 1. The molecule has 6 nitrogen and oxygen atoms in total. The summed E-state index contributed by atoms with van der Waals surface area (Å²) in [6.45, 7) is 6.38. The molecule has 132 valence electrons. The molecule has 0 saturated carbocycles. The van der Waals surface area contributed by atoms with Crippen molar-refractivity contribution in [3.8, 4) is 0 Å². The molecular formula is C14H30IN3O3S. The number of aliphatic imine (C=N–C) groups is 1. The predicted molar refractivity (Wildman–Crippen MR) is 102 cm³/mol. The topological polar surface area (TPSA) is 79.8 Å². The van der Waals surface area contributed by atoms with Gasteiger partial charge in [-0.2, -0.15) is 0 Å². The molecule has 1 aliphatic rings. The molecule has 1 atom stereocenters. The van der Waals surface area contributed by atoms with Crippen molar-refractivity contribution in [1.82, 2.24) is 10.6 Å². The third kappa shape index (κ3) is 9.83. The molecule has 1 rings (SSSR count). The third-order valence-electron chi connectivity index (χ3n) is 3.63. The maximum absolute atomic E-state index is 11.3. The Bertz CT molecular complexity index is 446. The van der Waals surface area contributed by atoms with Gasteiger partial charge in [-0.25, -0.2) is 8.42 Å². The van der Waals surface area contributed by atoms with Crippen molar-refractivity contribution < 1.29 is 13.2 Å². The molecule has 1 unspecified atom stereocenters. The summed E-state index contributed by atoms with van der Waals surface area (Å²) in [4.78, 5) is 4.18. The number of nitrogens with one attached hydrogen (secondary N) is 2. The molecule has 0 aromatic carbocycles. The van der Waals surface area contributed by atoms with Gasteiger partial charge in [0.2, 0.25) is 0 Å². The predicted octanol–water partition coefficient (Wildman–Crippen LogP) is 1.41. The molecule has 0 bridgehead atoms. The quantitative estimate of drug-likeness (QED) is 0.351. The SMILES string of the molecule is CN=C(NCC1CCCO1)NCC(C)(C)CCS(C)(=O)=O.I. The van der Waals surface area contributed by atoms with Crippen LogP contribution in [0, 0.1) is 5.41 Å². The number of halogens is 1. The summed E-state index contributed by atoms with van der Waals surface area (Å²) >= 11 is 0. The molecule has 0 aliphatic carbocycles. The summed E-state index contributed by atoms with van der Waals surface area (Å²) < 4.78 is 28.1. The summed E-state index contributed by atoms with van der Waals surface area (Å²) in [5.41, 5.74) is -0.107. The first-order valence-corrected chi connectivity index (χ1v) is 9.52. The van der Waals surface area contributed by atoms with E-state index in [2.05, 4.69) is 29.5 Å². The molecule has 1 heterocycles. The Labute approximate surface area is 151 Å². The largest absolute Gasteiger partial charge is 0.376 e. The molecule has 1 aliphatic heterocycles. The molecular weight excluding hydrogens is 417 g/mol. The van der Waals surface area contributed by atoms with E-state index in [0.717, 1.165) is 32.0 Å². The van der Waals surface area contributed by atoms with Gasteiger partial charge in [0.25, 0.3) is 0 Å². The summed E-state index contributed by atoms with van der Waals surface area (Å²) in [5.74, 6) is 0.946. The normalized spacial score (nSPS) is 19.6. The highest BCUT2D eigenvalue weighted by atomic mass is 127. The molecule has 0 aromatic rings. The molecule has 8 heteroatoms. The van der Waals surface area contributed by atoms with E-state index in [1.807, 2.05) is 0 Å². The lowest BCUT2D eigenvalue weighted by molar-refractivity contribution is 0.113. The zero-order valence-electron chi connectivity index (χ0n) is 14.0. The Morgan fingerprint density at radius 2 is 2.05 bits per heavy atom. The van der Waals surface area contributed by atoms with E-state index in [1.165, 1.54) is 6.26 Å². The van der Waals surface area contributed by atoms with Crippen molar-refractivity contribution in [2.24, 2.45) is 10.4 Å². The maximum Gasteiger partial charge on any atom is 0.191 e. The van der Waals surface area contributed by atoms with E-state index in [9.17, 15) is 8.42 Å². The van der Waals surface area contributed by atoms with Gasteiger partial charge in [-0.15, -0.1) is 24.0 Å². The average Bonchev–Trinajstić information content (AvgIpc) is 2.89. The lowest BCUT2D eigenvalue weighted by Crippen LogP contribution is -2.44. The molecule has 2 N–H and O–H groups in total. The van der Waals surface area contributed by atoms with Crippen LogP contribution in [0.15, 0.2) is 4.99 Å². The van der Waals surface area contributed by atoms with Crippen LogP contribution in [0.4, 0.5) is 0 Å². The molecule has 22 heavy (non-hydrogen) atoms. The first-order valence-electron chi connectivity index (χ1n) is 7.46. The molecule has 1 fully saturated rings. The fraction of sp³-hybridized carbons (Fsp3) is 0.929. The van der Waals surface area contributed by atoms with Crippen LogP contribution in [0.3, 0.4) is 0 Å². The summed E-state index contributed by atoms with van der Waals surface area (Å²) in [7, 11) is -1.18. The number of ether oxygens (including phenoxy) is 1. The second-order valence-electron chi connectivity index (χ2n) is 6.49. The molecule has 0 aromatic heterocycles. The van der Waals surface area contributed by atoms with Crippen LogP contribution in [0.5, 0.6) is 0 Å². The zero-order chi connectivity index (χ0) is 15.9. The van der Waals surface area contributed by atoms with Gasteiger partial charge in [-0.05, 0) is 24.7 Å². The minimum absolute atomic E-state index is 0. The number of rotatable bonds is 7. The van der Waals surface area contributed by atoms with Crippen molar-refractivity contribution in [3.05, 3.63) is 0 Å². The second kappa shape index (κ2) is 9.92. The summed E-state index contributed by atoms with van der Waals surface area (Å²) in [6, 6.07) is 0. The van der Waals surface area contributed by atoms with Crippen molar-refractivity contribution in [3.63, 3.8) is 0 Å². The Hall–Kier alpha value is -0.0900. The van der Waals surface area contributed by atoms with Crippen LogP contribution in [-0.4, -0.2) is 59.2 Å². The number of guanidine groups is 1. The van der Waals surface area contributed by atoms with Crippen molar-refractivity contribution in [1.29, 1.82) is 0 Å². The Morgan fingerprint density at radius 3 is 2.55 bits per heavy atom. The van der Waals surface area contributed by atoms with Gasteiger partial charge in [-0.3, -0.25) is 4.99 Å². The van der Waals surface area contributed by atoms with E-state index in [-0.39, 0.29) is 41.2 Å². The van der Waals surface area contributed by atoms with E-state index in [0.29, 0.717) is 13.0 Å². The van der Waals surface area contributed by atoms with E-state index in [1.54, 1.807) is 7.05 Å². The minimum Gasteiger partial charge on any atom is -0.376 e. The lowest BCUT2D eigenvalue weighted by Gasteiger charge is -2.26. The second-order valence-corrected chi connectivity index (χ2v) is 8.75. The number of hydrogen-bond donors (Lipinski definition) is 2. The molecule has 0 amide bonds. The smallest absolute Gasteiger partial charge is 0.191 e. The van der Waals surface area contributed by atoms with Gasteiger partial charge in [0.15, 0.2) is 5.96 Å². The Balaban J connectivity index is 0.00000441. The van der Waals surface area contributed by atoms with E-state index >= 15 is 0 Å². The van der Waals surface area contributed by atoms with Gasteiger partial charge in [0, 0.05) is 33.0 Å². The third-order valence-corrected chi connectivity index (χ3v) is 4.57. The van der Waals surface area contributed by atoms with Crippen LogP contribution in [0.1, 0.15) is 33.1 Å². The monoisotopic (exact) mass is 447 g/mol. The Morgan fingerprint density at radius 1 is 1.36 bits per heavy atom. The van der Waals surface area contributed by atoms with Crippen LogP contribution in [0.25, 0.3) is 0 Å². The van der Waals surface area contributed by atoms with Crippen LogP contribution >= 0.6 is 24.0 Å². The highest BCUT2D eigenvalue weighted by Crippen LogP contribution is 2.19. The first kappa shape index (κ1) is 21.9. The molecule has 0 radical (unpaired) electrons. The van der Waals surface area contributed by atoms with Crippen LogP contribution < -0.4 is 10.6 Å². The van der Waals surface area contributed by atoms with Gasteiger partial charge in [0.1, 0.15) is 9.84 Å². The van der Waals surface area contributed by atoms with Crippen molar-refractivity contribution in [2.75, 3.05) is 38.8 Å². The van der Waals surface area contributed by atoms with Gasteiger partial charge < -0.3 is 15.4 Å². The standard InChI is InChI=1S/C14H29N3O3S.HI/c1-14(2,7-9-21(4,18)19)11-17-13(15-3)16-10-12-6-5-8-20-12;/h12H,5-11H2,1-4H3,(H2,15,16,17);1H. The summed E-state index contributed by atoms with van der Waals surface area (Å²) in [5, 5.41) is 6.51. The first-order chi connectivity index (χ1) is 9.72. The van der Waals surface area contributed by atoms with Gasteiger partial charge in [-0.1, -0.05) is 13.8 Å². The Kier molecular flexibility index (Phi) is 9.88. The zero-order valence-corrected chi connectivity index (χ0v) is 17.2. The van der Waals surface area contributed by atoms with Gasteiger partial charge >= 0.3 is 0 Å². The average molecular weight is 447 g/mol. The van der Waals surface area contributed by atoms with Crippen molar-refractivity contribution >= 4 is 39.8 Å². The van der Waals surface area contributed by atoms with E-state index in [4.69, 9.17) is 4.74 Å². The fourth-order valence-electron chi connectivity index (χ4n) is 2.11.